The molecular weight excluding hydrogens is 582 g/mol. The fourth-order valence-electron chi connectivity index (χ4n) is 5.15. The first-order valence-corrected chi connectivity index (χ1v) is 14.3. The number of fused-ring (bicyclic) bond motifs is 1. The van der Waals surface area contributed by atoms with Crippen LogP contribution in [0.2, 0.25) is 0 Å². The Morgan fingerprint density at radius 3 is 2.62 bits per heavy atom. The number of hydrogen-bond donors (Lipinski definition) is 2. The summed E-state index contributed by atoms with van der Waals surface area (Å²) in [6, 6.07) is 12.9. The van der Waals surface area contributed by atoms with Gasteiger partial charge >= 0.3 is 0 Å². The SMILES string of the molecule is C=CC(=O)N1CCC(Nc2cc3c(Nc4ccc(Oc5ccn(-c6ccc(C)nc6F)n5)cc4F)ncnc3cc2OC)CC1. The average molecular weight is 613 g/mol. The van der Waals surface area contributed by atoms with Gasteiger partial charge in [-0.25, -0.2) is 24.0 Å². The second kappa shape index (κ2) is 12.6. The van der Waals surface area contributed by atoms with Gasteiger partial charge in [0, 0.05) is 54.6 Å². The summed E-state index contributed by atoms with van der Waals surface area (Å²) in [5.41, 5.74) is 2.23. The van der Waals surface area contributed by atoms with E-state index in [9.17, 15) is 9.18 Å². The maximum atomic E-state index is 15.3. The van der Waals surface area contributed by atoms with Crippen LogP contribution in [0.15, 0.2) is 73.7 Å². The van der Waals surface area contributed by atoms with E-state index in [1.165, 1.54) is 35.4 Å². The van der Waals surface area contributed by atoms with Crippen molar-refractivity contribution in [3.63, 3.8) is 0 Å². The summed E-state index contributed by atoms with van der Waals surface area (Å²) in [5, 5.41) is 11.5. The molecule has 2 aromatic carbocycles. The lowest BCUT2D eigenvalue weighted by Gasteiger charge is -2.32. The molecule has 4 heterocycles. The third kappa shape index (κ3) is 6.37. The predicted molar refractivity (Wildman–Crippen MR) is 165 cm³/mol. The molecule has 0 radical (unpaired) electrons. The van der Waals surface area contributed by atoms with Crippen molar-refractivity contribution in [2.24, 2.45) is 0 Å². The Labute approximate surface area is 257 Å². The van der Waals surface area contributed by atoms with Crippen LogP contribution in [0.4, 0.5) is 26.0 Å². The summed E-state index contributed by atoms with van der Waals surface area (Å²) in [6.45, 7) is 6.51. The van der Waals surface area contributed by atoms with Crippen LogP contribution >= 0.6 is 0 Å². The molecular formula is C32H30F2N8O3. The number of nitrogens with one attached hydrogen (secondary N) is 2. The fraction of sp³-hybridized carbons (Fsp3) is 0.219. The molecule has 1 saturated heterocycles. The van der Waals surface area contributed by atoms with Crippen LogP contribution < -0.4 is 20.1 Å². The first-order chi connectivity index (χ1) is 21.8. The van der Waals surface area contributed by atoms with Crippen molar-refractivity contribution >= 4 is 34.0 Å². The number of piperidine rings is 1. The molecule has 1 aliphatic rings. The van der Waals surface area contributed by atoms with Crippen LogP contribution in [-0.2, 0) is 4.79 Å². The number of hydrogen-bond acceptors (Lipinski definition) is 9. The topological polar surface area (TPSA) is 119 Å². The molecule has 3 aromatic heterocycles. The van der Waals surface area contributed by atoms with Crippen molar-refractivity contribution in [3.8, 4) is 23.1 Å². The van der Waals surface area contributed by atoms with Gasteiger partial charge in [0.1, 0.15) is 35.1 Å². The monoisotopic (exact) mass is 612 g/mol. The zero-order valence-corrected chi connectivity index (χ0v) is 24.6. The fourth-order valence-corrected chi connectivity index (χ4v) is 5.15. The molecule has 5 aromatic rings. The smallest absolute Gasteiger partial charge is 0.245 e. The Morgan fingerprint density at radius 1 is 1.07 bits per heavy atom. The minimum absolute atomic E-state index is 0.0697. The highest BCUT2D eigenvalue weighted by atomic mass is 19.1. The number of aromatic nitrogens is 5. The lowest BCUT2D eigenvalue weighted by molar-refractivity contribution is -0.126. The molecule has 13 heteroatoms. The van der Waals surface area contributed by atoms with Crippen molar-refractivity contribution in [2.75, 3.05) is 30.8 Å². The number of rotatable bonds is 9. The summed E-state index contributed by atoms with van der Waals surface area (Å²) in [6.07, 6.45) is 5.78. The second-order valence-corrected chi connectivity index (χ2v) is 10.5. The molecule has 0 atom stereocenters. The van der Waals surface area contributed by atoms with Gasteiger partial charge in [0.15, 0.2) is 0 Å². The number of ether oxygens (including phenoxy) is 2. The molecule has 0 unspecified atom stereocenters. The van der Waals surface area contributed by atoms with Crippen LogP contribution in [-0.4, -0.2) is 61.8 Å². The van der Waals surface area contributed by atoms with Crippen LogP contribution in [0.25, 0.3) is 16.6 Å². The summed E-state index contributed by atoms with van der Waals surface area (Å²) < 4.78 is 42.2. The van der Waals surface area contributed by atoms with Gasteiger partial charge in [-0.05, 0) is 56.2 Å². The number of aryl methyl sites for hydroxylation is 1. The maximum absolute atomic E-state index is 15.3. The first-order valence-electron chi connectivity index (χ1n) is 14.3. The summed E-state index contributed by atoms with van der Waals surface area (Å²) >= 11 is 0. The largest absolute Gasteiger partial charge is 0.495 e. The number of methoxy groups -OCH3 is 1. The standard InChI is InChI=1S/C32H30F2N8O3/c1-4-30(43)41-12-9-20(10-13-41)38-26-16-22-25(17-28(26)44-3)35-18-36-32(22)39-24-7-6-21(15-23(24)33)45-29-11-14-42(40-29)27-8-5-19(2)37-31(27)34/h4-8,11,14-18,20,38H,1,9-10,12-13H2,2-3H3,(H,35,36,39). The second-order valence-electron chi connectivity index (χ2n) is 10.5. The molecule has 0 saturated carbocycles. The number of likely N-dealkylation sites (tertiary alicyclic amines) is 1. The van der Waals surface area contributed by atoms with Crippen molar-refractivity contribution in [1.82, 2.24) is 29.6 Å². The number of halogens is 2. The third-order valence-corrected chi connectivity index (χ3v) is 7.49. The van der Waals surface area contributed by atoms with Gasteiger partial charge in [-0.15, -0.1) is 5.10 Å². The molecule has 0 bridgehead atoms. The zero-order valence-electron chi connectivity index (χ0n) is 24.6. The van der Waals surface area contributed by atoms with Crippen molar-refractivity contribution in [1.29, 1.82) is 0 Å². The summed E-state index contributed by atoms with van der Waals surface area (Å²) in [7, 11) is 1.58. The van der Waals surface area contributed by atoms with Crippen LogP contribution in [0.1, 0.15) is 18.5 Å². The highest BCUT2D eigenvalue weighted by molar-refractivity contribution is 5.95. The van der Waals surface area contributed by atoms with Crippen molar-refractivity contribution < 1.29 is 23.0 Å². The minimum Gasteiger partial charge on any atom is -0.495 e. The van der Waals surface area contributed by atoms with E-state index in [-0.39, 0.29) is 35.0 Å². The minimum atomic E-state index is -0.660. The number of nitrogens with zero attached hydrogens (tertiary/aromatic N) is 6. The molecule has 0 aliphatic carbocycles. The van der Waals surface area contributed by atoms with Crippen LogP contribution in [0, 0.1) is 18.7 Å². The molecule has 230 valence electrons. The number of carbonyl (C=O) groups is 1. The number of pyridine rings is 1. The van der Waals surface area contributed by atoms with E-state index < -0.39 is 11.8 Å². The van der Waals surface area contributed by atoms with Gasteiger partial charge in [0.05, 0.1) is 24.0 Å². The van der Waals surface area contributed by atoms with E-state index in [1.807, 2.05) is 6.07 Å². The van der Waals surface area contributed by atoms with Gasteiger partial charge in [0.25, 0.3) is 0 Å². The highest BCUT2D eigenvalue weighted by Crippen LogP contribution is 2.35. The van der Waals surface area contributed by atoms with E-state index in [0.29, 0.717) is 41.3 Å². The van der Waals surface area contributed by atoms with Gasteiger partial charge in [-0.3, -0.25) is 4.79 Å². The third-order valence-electron chi connectivity index (χ3n) is 7.49. The molecule has 1 amide bonds. The molecule has 2 N–H and O–H groups in total. The molecule has 11 nitrogen and oxygen atoms in total. The number of carbonyl (C=O) groups excluding carboxylic acids is 1. The molecule has 1 fully saturated rings. The Kier molecular flexibility index (Phi) is 8.23. The van der Waals surface area contributed by atoms with Gasteiger partial charge < -0.3 is 25.0 Å². The Morgan fingerprint density at radius 2 is 1.89 bits per heavy atom. The van der Waals surface area contributed by atoms with Crippen LogP contribution in [0.3, 0.4) is 0 Å². The van der Waals surface area contributed by atoms with Gasteiger partial charge in [-0.1, -0.05) is 6.58 Å². The van der Waals surface area contributed by atoms with Crippen molar-refractivity contribution in [3.05, 3.63) is 91.2 Å². The van der Waals surface area contributed by atoms with E-state index >= 15 is 4.39 Å². The lowest BCUT2D eigenvalue weighted by Crippen LogP contribution is -2.41. The van der Waals surface area contributed by atoms with E-state index in [2.05, 4.69) is 37.3 Å². The summed E-state index contributed by atoms with van der Waals surface area (Å²) in [4.78, 5) is 26.3. The quantitative estimate of drug-likeness (QED) is 0.154. The Bertz CT molecular complexity index is 1890. The average Bonchev–Trinajstić information content (AvgIpc) is 3.50. The number of benzene rings is 2. The maximum Gasteiger partial charge on any atom is 0.245 e. The van der Waals surface area contributed by atoms with Crippen LogP contribution in [0.5, 0.6) is 17.4 Å². The molecule has 1 aliphatic heterocycles. The van der Waals surface area contributed by atoms with Gasteiger partial charge in [-0.2, -0.15) is 4.39 Å². The normalized spacial score (nSPS) is 13.5. The van der Waals surface area contributed by atoms with E-state index in [1.54, 1.807) is 49.3 Å². The lowest BCUT2D eigenvalue weighted by atomic mass is 10.0. The first kappa shape index (κ1) is 29.5. The summed E-state index contributed by atoms with van der Waals surface area (Å²) in [5.74, 6) is 0.0524. The number of amides is 1. The Balaban J connectivity index is 1.19. The zero-order chi connectivity index (χ0) is 31.5. The molecule has 45 heavy (non-hydrogen) atoms. The Hall–Kier alpha value is -5.59. The van der Waals surface area contributed by atoms with E-state index in [0.717, 1.165) is 18.5 Å². The number of anilines is 3. The predicted octanol–water partition coefficient (Wildman–Crippen LogP) is 5.93. The van der Waals surface area contributed by atoms with Gasteiger partial charge in [0.2, 0.25) is 17.7 Å². The van der Waals surface area contributed by atoms with E-state index in [4.69, 9.17) is 9.47 Å². The highest BCUT2D eigenvalue weighted by Gasteiger charge is 2.23. The van der Waals surface area contributed by atoms with Crippen molar-refractivity contribution in [2.45, 2.75) is 25.8 Å². The molecule has 6 rings (SSSR count). The molecule has 0 spiro atoms.